The number of hydrogen-bond acceptors (Lipinski definition) is 3. The zero-order valence-electron chi connectivity index (χ0n) is 45.0. The Labute approximate surface area is 471 Å². The second kappa shape index (κ2) is 19.8. The van der Waals surface area contributed by atoms with Crippen LogP contribution in [0.25, 0.3) is 110 Å². The van der Waals surface area contributed by atoms with Crippen molar-refractivity contribution in [2.24, 2.45) is 0 Å². The molecule has 0 bridgehead atoms. The summed E-state index contributed by atoms with van der Waals surface area (Å²) in [6, 6.07) is 106. The van der Waals surface area contributed by atoms with Gasteiger partial charge in [0.05, 0.1) is 11.4 Å². The van der Waals surface area contributed by atoms with Crippen molar-refractivity contribution in [2.45, 2.75) is 13.8 Å². The molecular weight excluding hydrogens is 981 g/mol. The number of aryl methyl sites for hydroxylation is 2. The number of nitrogens with zero attached hydrogens (tertiary/aromatic N) is 2. The van der Waals surface area contributed by atoms with Gasteiger partial charge < -0.3 is 14.2 Å². The second-order valence-electron chi connectivity index (χ2n) is 21.5. The normalized spacial score (nSPS) is 11.6. The van der Waals surface area contributed by atoms with Gasteiger partial charge in [0, 0.05) is 44.6 Å². The van der Waals surface area contributed by atoms with Crippen molar-refractivity contribution >= 4 is 99.2 Å². The van der Waals surface area contributed by atoms with E-state index in [-0.39, 0.29) is 0 Å². The molecule has 0 aliphatic heterocycles. The second-order valence-corrected chi connectivity index (χ2v) is 21.5. The largest absolute Gasteiger partial charge is 0.456 e. The van der Waals surface area contributed by atoms with Gasteiger partial charge in [-0.3, -0.25) is 0 Å². The molecule has 382 valence electrons. The molecule has 14 aromatic carbocycles. The number of rotatable bonds is 10. The van der Waals surface area contributed by atoms with Gasteiger partial charge in [-0.15, -0.1) is 0 Å². The molecule has 0 atom stereocenters. The van der Waals surface area contributed by atoms with Crippen molar-refractivity contribution in [2.75, 3.05) is 9.80 Å². The molecule has 3 heteroatoms. The minimum Gasteiger partial charge on any atom is -0.456 e. The van der Waals surface area contributed by atoms with Crippen molar-refractivity contribution in [1.29, 1.82) is 0 Å². The van der Waals surface area contributed by atoms with Crippen LogP contribution >= 0.6 is 0 Å². The molecule has 3 nitrogen and oxygen atoms in total. The van der Waals surface area contributed by atoms with Crippen LogP contribution < -0.4 is 9.80 Å². The van der Waals surface area contributed by atoms with E-state index < -0.39 is 0 Å². The molecule has 0 radical (unpaired) electrons. The van der Waals surface area contributed by atoms with E-state index in [0.29, 0.717) is 0 Å². The van der Waals surface area contributed by atoms with Gasteiger partial charge in [0.2, 0.25) is 0 Å². The average molecular weight is 1040 g/mol. The number of anilines is 6. The molecule has 0 N–H and O–H groups in total. The van der Waals surface area contributed by atoms with E-state index >= 15 is 0 Å². The Bertz CT molecular complexity index is 4570. The van der Waals surface area contributed by atoms with Gasteiger partial charge in [-0.2, -0.15) is 0 Å². The first-order chi connectivity index (χ1) is 39.9. The zero-order valence-corrected chi connectivity index (χ0v) is 45.0. The van der Waals surface area contributed by atoms with Gasteiger partial charge in [-0.1, -0.05) is 205 Å². The maximum absolute atomic E-state index is 6.93. The summed E-state index contributed by atoms with van der Waals surface area (Å²) in [5, 5.41) is 11.7. The summed E-state index contributed by atoms with van der Waals surface area (Å²) in [6.45, 7) is 4.34. The third-order valence-corrected chi connectivity index (χ3v) is 16.3. The predicted molar refractivity (Wildman–Crippen MR) is 344 cm³/mol. The Morgan fingerprint density at radius 1 is 0.235 bits per heavy atom. The van der Waals surface area contributed by atoms with Crippen molar-refractivity contribution in [1.82, 2.24) is 0 Å². The van der Waals surface area contributed by atoms with Crippen LogP contribution in [0, 0.1) is 13.8 Å². The lowest BCUT2D eigenvalue weighted by Crippen LogP contribution is -2.11. The molecule has 0 spiro atoms. The highest BCUT2D eigenvalue weighted by Crippen LogP contribution is 2.46. The standard InChI is InChI=1S/C78H54N2O/c1-51-27-41-75(71(43-51)55-15-5-3-6-16-55)79(63-35-29-57(30-36-63)69-25-13-21-53-19-9-11-23-67(53)69)65-39-33-59-47-73-74-48-60-34-40-66(46-62(60)50-78(74)81-77(73)49-61(59)45-65)80(76-42-28-52(2)44-72(76)56-17-7-4-8-18-56)64-37-31-58(32-38-64)70-26-14-22-54-20-10-12-24-68(54)70/h3-50H,1-2H3. The van der Waals surface area contributed by atoms with Gasteiger partial charge in [0.15, 0.2) is 0 Å². The molecule has 15 aromatic rings. The third-order valence-electron chi connectivity index (χ3n) is 16.3. The molecule has 1 aromatic heterocycles. The molecule has 15 rings (SSSR count). The Hall–Kier alpha value is -10.5. The van der Waals surface area contributed by atoms with Crippen LogP contribution in [0.3, 0.4) is 0 Å². The van der Waals surface area contributed by atoms with Crippen molar-refractivity contribution in [3.63, 3.8) is 0 Å². The van der Waals surface area contributed by atoms with E-state index in [4.69, 9.17) is 4.42 Å². The smallest absolute Gasteiger partial charge is 0.136 e. The minimum absolute atomic E-state index is 0.858. The molecular formula is C78H54N2O. The molecule has 0 amide bonds. The van der Waals surface area contributed by atoms with Crippen LogP contribution in [0.2, 0.25) is 0 Å². The van der Waals surface area contributed by atoms with Crippen molar-refractivity contribution in [3.8, 4) is 44.5 Å². The van der Waals surface area contributed by atoms with E-state index in [9.17, 15) is 0 Å². The van der Waals surface area contributed by atoms with E-state index in [1.165, 1.54) is 77.2 Å². The van der Waals surface area contributed by atoms with Crippen LogP contribution in [0.5, 0.6) is 0 Å². The van der Waals surface area contributed by atoms with E-state index in [1.54, 1.807) is 0 Å². The van der Waals surface area contributed by atoms with Gasteiger partial charge in [0.25, 0.3) is 0 Å². The summed E-state index contributed by atoms with van der Waals surface area (Å²) in [5.41, 5.74) is 20.1. The molecule has 0 saturated carbocycles. The number of benzene rings is 14. The summed E-state index contributed by atoms with van der Waals surface area (Å²) in [7, 11) is 0. The molecule has 1 heterocycles. The summed E-state index contributed by atoms with van der Waals surface area (Å²) < 4.78 is 6.93. The van der Waals surface area contributed by atoms with Crippen LogP contribution in [0.1, 0.15) is 11.1 Å². The maximum Gasteiger partial charge on any atom is 0.136 e. The van der Waals surface area contributed by atoms with Gasteiger partial charge in [0.1, 0.15) is 11.2 Å². The van der Waals surface area contributed by atoms with Crippen LogP contribution in [0.15, 0.2) is 296 Å². The quantitative estimate of drug-likeness (QED) is 0.136. The summed E-state index contributed by atoms with van der Waals surface area (Å²) >= 11 is 0. The van der Waals surface area contributed by atoms with Crippen LogP contribution in [-0.2, 0) is 0 Å². The Morgan fingerprint density at radius 3 is 1.06 bits per heavy atom. The van der Waals surface area contributed by atoms with Crippen molar-refractivity contribution < 1.29 is 4.42 Å². The first-order valence-corrected chi connectivity index (χ1v) is 27.9. The van der Waals surface area contributed by atoms with Gasteiger partial charge in [-0.05, 0) is 187 Å². The fourth-order valence-corrected chi connectivity index (χ4v) is 12.3. The number of hydrogen-bond donors (Lipinski definition) is 0. The molecule has 0 saturated heterocycles. The summed E-state index contributed by atoms with van der Waals surface area (Å²) in [4.78, 5) is 4.81. The fourth-order valence-electron chi connectivity index (χ4n) is 12.3. The lowest BCUT2D eigenvalue weighted by atomic mass is 9.97. The molecule has 81 heavy (non-hydrogen) atoms. The van der Waals surface area contributed by atoms with Gasteiger partial charge in [-0.25, -0.2) is 0 Å². The Morgan fingerprint density at radius 2 is 0.617 bits per heavy atom. The minimum atomic E-state index is 0.858. The predicted octanol–water partition coefficient (Wildman–Crippen LogP) is 22.4. The zero-order chi connectivity index (χ0) is 54.0. The van der Waals surface area contributed by atoms with E-state index in [0.717, 1.165) is 77.6 Å². The lowest BCUT2D eigenvalue weighted by molar-refractivity contribution is 0.670. The molecule has 0 unspecified atom stereocenters. The third kappa shape index (κ3) is 8.64. The average Bonchev–Trinajstić information content (AvgIpc) is 4.12. The topological polar surface area (TPSA) is 19.6 Å². The number of furan rings is 1. The fraction of sp³-hybridized carbons (Fsp3) is 0.0256. The highest BCUT2D eigenvalue weighted by molar-refractivity contribution is 6.14. The van der Waals surface area contributed by atoms with E-state index in [2.05, 4.69) is 315 Å². The molecule has 0 aliphatic rings. The monoisotopic (exact) mass is 1030 g/mol. The first-order valence-electron chi connectivity index (χ1n) is 27.9. The lowest BCUT2D eigenvalue weighted by Gasteiger charge is -2.29. The van der Waals surface area contributed by atoms with Gasteiger partial charge >= 0.3 is 0 Å². The molecule has 0 aliphatic carbocycles. The number of fused-ring (bicyclic) bond motifs is 7. The summed E-state index contributed by atoms with van der Waals surface area (Å²) in [6.07, 6.45) is 0. The highest BCUT2D eigenvalue weighted by atomic mass is 16.3. The molecule has 0 fully saturated rings. The van der Waals surface area contributed by atoms with Crippen molar-refractivity contribution in [3.05, 3.63) is 302 Å². The Kier molecular flexibility index (Phi) is 11.6. The Balaban J connectivity index is 0.839. The van der Waals surface area contributed by atoms with E-state index in [1.807, 2.05) is 0 Å². The summed E-state index contributed by atoms with van der Waals surface area (Å²) in [5.74, 6) is 0. The first kappa shape index (κ1) is 47.7. The maximum atomic E-state index is 6.93. The van der Waals surface area contributed by atoms with Crippen LogP contribution in [0.4, 0.5) is 34.1 Å². The van der Waals surface area contributed by atoms with Crippen LogP contribution in [-0.4, -0.2) is 0 Å². The SMILES string of the molecule is Cc1ccc(N(c2ccc(-c3cccc4ccccc34)cc2)c2ccc3cc4c(cc3c2)oc2cc3cc(N(c5ccc(-c6cccc7ccccc67)cc5)c5ccc(C)cc5-c5ccccc5)ccc3cc24)c(-c2ccccc2)c1. The highest BCUT2D eigenvalue weighted by Gasteiger charge is 2.22.